The monoisotopic (exact) mass is 210 g/mol. The average Bonchev–Trinajstić information content (AvgIpc) is 2.14. The fraction of sp³-hybridized carbons (Fsp3) is 1.00. The molecule has 1 rings (SSSR count). The van der Waals surface area contributed by atoms with Crippen LogP contribution in [0.25, 0.3) is 0 Å². The van der Waals surface area contributed by atoms with Gasteiger partial charge in [0.15, 0.2) is 0 Å². The number of thioether (sulfide) groups is 1. The van der Waals surface area contributed by atoms with Crippen molar-refractivity contribution in [1.29, 1.82) is 0 Å². The van der Waals surface area contributed by atoms with Gasteiger partial charge in [0.2, 0.25) is 0 Å². The van der Waals surface area contributed by atoms with Crippen LogP contribution >= 0.6 is 11.8 Å². The van der Waals surface area contributed by atoms with E-state index in [0.717, 1.165) is 19.6 Å². The minimum atomic E-state index is -2.23. The van der Waals surface area contributed by atoms with E-state index in [1.807, 2.05) is 11.8 Å². The first-order valence-corrected chi connectivity index (χ1v) is 5.73. The van der Waals surface area contributed by atoms with Gasteiger partial charge in [-0.25, -0.2) is 8.78 Å². The van der Waals surface area contributed by atoms with Crippen molar-refractivity contribution in [3.63, 3.8) is 0 Å². The Labute approximate surface area is 82.1 Å². The molecular formula is C8H16F2N2S. The summed E-state index contributed by atoms with van der Waals surface area (Å²) >= 11 is 1.96. The molecule has 1 saturated heterocycles. The number of halogens is 2. The second-order valence-electron chi connectivity index (χ2n) is 3.05. The van der Waals surface area contributed by atoms with E-state index in [2.05, 4.69) is 10.2 Å². The van der Waals surface area contributed by atoms with Crippen molar-refractivity contribution >= 4 is 11.8 Å². The summed E-state index contributed by atoms with van der Waals surface area (Å²) in [5, 5.41) is 2.73. The normalized spacial score (nSPS) is 19.6. The molecule has 1 aliphatic rings. The first-order chi connectivity index (χ1) is 6.29. The summed E-state index contributed by atoms with van der Waals surface area (Å²) in [5.41, 5.74) is 0. The van der Waals surface area contributed by atoms with E-state index in [1.165, 1.54) is 11.5 Å². The van der Waals surface area contributed by atoms with E-state index in [4.69, 9.17) is 0 Å². The lowest BCUT2D eigenvalue weighted by Crippen LogP contribution is -2.38. The number of alkyl halides is 2. The minimum Gasteiger partial charge on any atom is -0.310 e. The Hall–Kier alpha value is 0.130. The fourth-order valence-corrected chi connectivity index (χ4v) is 2.25. The number of nitrogens with one attached hydrogen (secondary N) is 1. The Morgan fingerprint density at radius 1 is 1.31 bits per heavy atom. The Morgan fingerprint density at radius 3 is 2.62 bits per heavy atom. The van der Waals surface area contributed by atoms with E-state index in [1.54, 1.807) is 0 Å². The topological polar surface area (TPSA) is 15.3 Å². The molecule has 0 spiro atoms. The van der Waals surface area contributed by atoms with Gasteiger partial charge >= 0.3 is 0 Å². The van der Waals surface area contributed by atoms with Crippen molar-refractivity contribution in [2.24, 2.45) is 0 Å². The van der Waals surface area contributed by atoms with Gasteiger partial charge in [-0.3, -0.25) is 0 Å². The zero-order chi connectivity index (χ0) is 9.52. The highest BCUT2D eigenvalue weighted by molar-refractivity contribution is 7.99. The van der Waals surface area contributed by atoms with Crippen molar-refractivity contribution < 1.29 is 8.78 Å². The van der Waals surface area contributed by atoms with Crippen molar-refractivity contribution in [3.05, 3.63) is 0 Å². The molecule has 0 aromatic rings. The maximum Gasteiger partial charge on any atom is 0.250 e. The molecule has 1 heterocycles. The van der Waals surface area contributed by atoms with Crippen LogP contribution in [0, 0.1) is 0 Å². The highest BCUT2D eigenvalue weighted by atomic mass is 32.2. The molecule has 0 bridgehead atoms. The maximum atomic E-state index is 11.7. The van der Waals surface area contributed by atoms with Gasteiger partial charge in [-0.15, -0.1) is 0 Å². The van der Waals surface area contributed by atoms with E-state index < -0.39 is 6.43 Å². The summed E-state index contributed by atoms with van der Waals surface area (Å²) in [7, 11) is 0. The summed E-state index contributed by atoms with van der Waals surface area (Å²) in [6.45, 7) is 3.59. The van der Waals surface area contributed by atoms with E-state index >= 15 is 0 Å². The van der Waals surface area contributed by atoms with E-state index in [0.29, 0.717) is 6.54 Å². The molecule has 13 heavy (non-hydrogen) atoms. The van der Waals surface area contributed by atoms with Gasteiger partial charge in [-0.1, -0.05) is 0 Å². The molecule has 0 unspecified atom stereocenters. The summed E-state index contributed by atoms with van der Waals surface area (Å²) in [6, 6.07) is 0. The molecule has 1 N–H and O–H groups in total. The predicted molar refractivity (Wildman–Crippen MR) is 52.6 cm³/mol. The number of hydrogen-bond acceptors (Lipinski definition) is 3. The molecule has 5 heteroatoms. The van der Waals surface area contributed by atoms with Crippen molar-refractivity contribution in [1.82, 2.24) is 10.2 Å². The summed E-state index contributed by atoms with van der Waals surface area (Å²) in [6.07, 6.45) is -2.23. The zero-order valence-corrected chi connectivity index (χ0v) is 8.45. The van der Waals surface area contributed by atoms with Crippen LogP contribution in [-0.4, -0.2) is 55.6 Å². The first kappa shape index (κ1) is 11.2. The fourth-order valence-electron chi connectivity index (χ4n) is 1.27. The van der Waals surface area contributed by atoms with Crippen LogP contribution in [0.15, 0.2) is 0 Å². The number of nitrogens with zero attached hydrogens (tertiary/aromatic N) is 1. The van der Waals surface area contributed by atoms with Crippen LogP contribution < -0.4 is 5.32 Å². The Bertz CT molecular complexity index is 129. The van der Waals surface area contributed by atoms with Gasteiger partial charge in [0, 0.05) is 37.7 Å². The molecule has 0 atom stereocenters. The highest BCUT2D eigenvalue weighted by Crippen LogP contribution is 2.07. The van der Waals surface area contributed by atoms with Gasteiger partial charge in [-0.05, 0) is 0 Å². The molecule has 1 fully saturated rings. The molecule has 0 aromatic heterocycles. The summed E-state index contributed by atoms with van der Waals surface area (Å²) < 4.78 is 23.4. The lowest BCUT2D eigenvalue weighted by molar-refractivity contribution is 0.144. The third-order valence-corrected chi connectivity index (χ3v) is 2.95. The lowest BCUT2D eigenvalue weighted by Gasteiger charge is -2.25. The molecule has 0 amide bonds. The highest BCUT2D eigenvalue weighted by Gasteiger charge is 2.09. The standard InChI is InChI=1S/C8H16F2N2S/c9-8(10)7-11-1-2-12-3-5-13-6-4-12/h8,11H,1-7H2. The number of hydrogen-bond donors (Lipinski definition) is 1. The molecular weight excluding hydrogens is 194 g/mol. The van der Waals surface area contributed by atoms with Crippen LogP contribution in [0.5, 0.6) is 0 Å². The van der Waals surface area contributed by atoms with Crippen LogP contribution in [0.3, 0.4) is 0 Å². The molecule has 0 aliphatic carbocycles. The predicted octanol–water partition coefficient (Wildman–Crippen LogP) is 0.890. The second kappa shape index (κ2) is 6.56. The largest absolute Gasteiger partial charge is 0.310 e. The average molecular weight is 210 g/mol. The van der Waals surface area contributed by atoms with Crippen LogP contribution in [0.1, 0.15) is 0 Å². The SMILES string of the molecule is FC(F)CNCCN1CCSCC1. The molecule has 2 nitrogen and oxygen atoms in total. The van der Waals surface area contributed by atoms with Crippen LogP contribution in [0.4, 0.5) is 8.78 Å². The summed E-state index contributed by atoms with van der Waals surface area (Å²) in [4.78, 5) is 2.31. The molecule has 0 radical (unpaired) electrons. The third kappa shape index (κ3) is 5.44. The second-order valence-corrected chi connectivity index (χ2v) is 4.27. The quantitative estimate of drug-likeness (QED) is 0.678. The van der Waals surface area contributed by atoms with Crippen LogP contribution in [-0.2, 0) is 0 Å². The van der Waals surface area contributed by atoms with E-state index in [-0.39, 0.29) is 6.54 Å². The molecule has 0 aromatic carbocycles. The van der Waals surface area contributed by atoms with E-state index in [9.17, 15) is 8.78 Å². The van der Waals surface area contributed by atoms with Gasteiger partial charge in [0.1, 0.15) is 0 Å². The van der Waals surface area contributed by atoms with Crippen molar-refractivity contribution in [2.45, 2.75) is 6.43 Å². The molecule has 0 saturated carbocycles. The van der Waals surface area contributed by atoms with Gasteiger partial charge in [-0.2, -0.15) is 11.8 Å². The Morgan fingerprint density at radius 2 is 2.00 bits per heavy atom. The van der Waals surface area contributed by atoms with Crippen molar-refractivity contribution in [2.75, 3.05) is 44.2 Å². The smallest absolute Gasteiger partial charge is 0.250 e. The lowest BCUT2D eigenvalue weighted by atomic mass is 10.4. The summed E-state index contributed by atoms with van der Waals surface area (Å²) in [5.74, 6) is 2.35. The molecule has 1 aliphatic heterocycles. The van der Waals surface area contributed by atoms with Gasteiger partial charge in [0.25, 0.3) is 6.43 Å². The molecule has 78 valence electrons. The first-order valence-electron chi connectivity index (χ1n) is 4.58. The maximum absolute atomic E-state index is 11.7. The van der Waals surface area contributed by atoms with Gasteiger partial charge < -0.3 is 10.2 Å². The number of rotatable bonds is 5. The third-order valence-electron chi connectivity index (χ3n) is 2.01. The van der Waals surface area contributed by atoms with Crippen LogP contribution in [0.2, 0.25) is 0 Å². The Balaban J connectivity index is 1.92. The zero-order valence-electron chi connectivity index (χ0n) is 7.64. The van der Waals surface area contributed by atoms with Gasteiger partial charge in [0.05, 0.1) is 6.54 Å². The minimum absolute atomic E-state index is 0.178. The van der Waals surface area contributed by atoms with Crippen molar-refractivity contribution in [3.8, 4) is 0 Å². The Kier molecular flexibility index (Phi) is 5.66.